The van der Waals surface area contributed by atoms with Crippen molar-refractivity contribution in [1.82, 2.24) is 10.2 Å². The van der Waals surface area contributed by atoms with Gasteiger partial charge in [-0.3, -0.25) is 9.89 Å². The van der Waals surface area contributed by atoms with E-state index in [2.05, 4.69) is 36.0 Å². The van der Waals surface area contributed by atoms with E-state index in [9.17, 15) is 0 Å². The van der Waals surface area contributed by atoms with Crippen LogP contribution in [-0.2, 0) is 0 Å². The zero-order valence-electron chi connectivity index (χ0n) is 13.5. The summed E-state index contributed by atoms with van der Waals surface area (Å²) >= 11 is 0. The molecule has 1 saturated carbocycles. The van der Waals surface area contributed by atoms with Crippen LogP contribution < -0.4 is 11.1 Å². The van der Waals surface area contributed by atoms with Gasteiger partial charge in [0, 0.05) is 18.6 Å². The number of likely N-dealkylation sites (tertiary alicyclic amines) is 1. The quantitative estimate of drug-likeness (QED) is 0.599. The number of hydrogen-bond donors (Lipinski definition) is 2. The van der Waals surface area contributed by atoms with Gasteiger partial charge in [0.15, 0.2) is 5.96 Å². The summed E-state index contributed by atoms with van der Waals surface area (Å²) in [7, 11) is 0. The number of piperidine rings is 1. The Bertz CT molecular complexity index is 333. The van der Waals surface area contributed by atoms with Crippen LogP contribution in [0.2, 0.25) is 0 Å². The Kier molecular flexibility index (Phi) is 5.30. The smallest absolute Gasteiger partial charge is 0.188 e. The summed E-state index contributed by atoms with van der Waals surface area (Å²) in [6.45, 7) is 11.1. The largest absolute Gasteiger partial charge is 0.370 e. The molecule has 0 aromatic heterocycles. The van der Waals surface area contributed by atoms with Crippen molar-refractivity contribution in [3.8, 4) is 0 Å². The molecule has 0 spiro atoms. The summed E-state index contributed by atoms with van der Waals surface area (Å²) < 4.78 is 0. The van der Waals surface area contributed by atoms with E-state index in [4.69, 9.17) is 5.73 Å². The third kappa shape index (κ3) is 4.37. The van der Waals surface area contributed by atoms with Crippen molar-refractivity contribution in [2.45, 2.75) is 58.4 Å². The Hall–Kier alpha value is -0.770. The summed E-state index contributed by atoms with van der Waals surface area (Å²) in [4.78, 5) is 7.14. The summed E-state index contributed by atoms with van der Waals surface area (Å²) in [5.41, 5.74) is 6.09. The molecule has 4 heteroatoms. The molecule has 1 atom stereocenters. The second kappa shape index (κ2) is 6.79. The van der Waals surface area contributed by atoms with Crippen LogP contribution in [0, 0.1) is 11.8 Å². The number of aliphatic imine (C=N–C) groups is 1. The highest BCUT2D eigenvalue weighted by atomic mass is 15.2. The maximum Gasteiger partial charge on any atom is 0.188 e. The molecule has 2 fully saturated rings. The van der Waals surface area contributed by atoms with Gasteiger partial charge in [0.25, 0.3) is 0 Å². The zero-order valence-corrected chi connectivity index (χ0v) is 13.5. The van der Waals surface area contributed by atoms with Crippen LogP contribution in [0.4, 0.5) is 0 Å². The van der Waals surface area contributed by atoms with Crippen LogP contribution in [0.3, 0.4) is 0 Å². The van der Waals surface area contributed by atoms with Crippen LogP contribution in [0.5, 0.6) is 0 Å². The molecule has 20 heavy (non-hydrogen) atoms. The molecule has 3 N–H and O–H groups in total. The van der Waals surface area contributed by atoms with Gasteiger partial charge in [0.05, 0.1) is 6.54 Å². The molecule has 2 aliphatic rings. The standard InChI is InChI=1S/C16H32N4/c1-13-6-5-9-20(11-13)16(2,3)12-19-15(17)18-10-14-7-4-8-14/h13-14H,4-12H2,1-3H3,(H3,17,18,19). The third-order valence-corrected chi connectivity index (χ3v) is 4.95. The Morgan fingerprint density at radius 1 is 1.30 bits per heavy atom. The number of nitrogens with two attached hydrogens (primary N) is 1. The molecule has 116 valence electrons. The summed E-state index contributed by atoms with van der Waals surface area (Å²) in [5, 5.41) is 3.28. The van der Waals surface area contributed by atoms with E-state index in [-0.39, 0.29) is 5.54 Å². The first kappa shape index (κ1) is 15.6. The molecule has 4 nitrogen and oxygen atoms in total. The Labute approximate surface area is 124 Å². The van der Waals surface area contributed by atoms with Crippen LogP contribution in [0.15, 0.2) is 4.99 Å². The lowest BCUT2D eigenvalue weighted by molar-refractivity contribution is 0.0775. The van der Waals surface area contributed by atoms with Crippen molar-refractivity contribution >= 4 is 5.96 Å². The van der Waals surface area contributed by atoms with Crippen molar-refractivity contribution in [2.75, 3.05) is 26.2 Å². The van der Waals surface area contributed by atoms with E-state index in [0.717, 1.165) is 24.9 Å². The van der Waals surface area contributed by atoms with Gasteiger partial charge in [-0.1, -0.05) is 13.3 Å². The topological polar surface area (TPSA) is 53.6 Å². The fourth-order valence-electron chi connectivity index (χ4n) is 3.12. The molecule has 0 radical (unpaired) electrons. The van der Waals surface area contributed by atoms with E-state index in [1.54, 1.807) is 0 Å². The molecule has 1 heterocycles. The van der Waals surface area contributed by atoms with E-state index >= 15 is 0 Å². The summed E-state index contributed by atoms with van der Waals surface area (Å²) in [6, 6.07) is 0. The van der Waals surface area contributed by atoms with Gasteiger partial charge in [0.1, 0.15) is 0 Å². The van der Waals surface area contributed by atoms with Crippen molar-refractivity contribution in [1.29, 1.82) is 0 Å². The van der Waals surface area contributed by atoms with Gasteiger partial charge in [-0.2, -0.15) is 0 Å². The van der Waals surface area contributed by atoms with Crippen LogP contribution in [0.1, 0.15) is 52.9 Å². The maximum atomic E-state index is 5.99. The normalized spacial score (nSPS) is 26.4. The molecule has 0 bridgehead atoms. The average Bonchev–Trinajstić information content (AvgIpc) is 2.35. The van der Waals surface area contributed by atoms with Gasteiger partial charge in [0.2, 0.25) is 0 Å². The van der Waals surface area contributed by atoms with Crippen LogP contribution >= 0.6 is 0 Å². The zero-order chi connectivity index (χ0) is 14.6. The molecule has 1 unspecified atom stereocenters. The lowest BCUT2D eigenvalue weighted by atomic mass is 9.85. The minimum absolute atomic E-state index is 0.109. The monoisotopic (exact) mass is 280 g/mol. The minimum Gasteiger partial charge on any atom is -0.370 e. The summed E-state index contributed by atoms with van der Waals surface area (Å²) in [6.07, 6.45) is 6.74. The molecule has 0 aromatic rings. The minimum atomic E-state index is 0.109. The molecular formula is C16H32N4. The predicted molar refractivity (Wildman–Crippen MR) is 85.9 cm³/mol. The fourth-order valence-corrected chi connectivity index (χ4v) is 3.12. The van der Waals surface area contributed by atoms with Crippen LogP contribution in [0.25, 0.3) is 0 Å². The second-order valence-corrected chi connectivity index (χ2v) is 7.39. The summed E-state index contributed by atoms with van der Waals surface area (Å²) in [5.74, 6) is 2.25. The molecule has 1 saturated heterocycles. The molecule has 1 aliphatic heterocycles. The van der Waals surface area contributed by atoms with Crippen LogP contribution in [-0.4, -0.2) is 42.6 Å². The maximum absolute atomic E-state index is 5.99. The Morgan fingerprint density at radius 3 is 2.65 bits per heavy atom. The Morgan fingerprint density at radius 2 is 2.05 bits per heavy atom. The first-order valence-corrected chi connectivity index (χ1v) is 8.26. The van der Waals surface area contributed by atoms with Crippen molar-refractivity contribution in [3.05, 3.63) is 0 Å². The molecule has 0 amide bonds. The van der Waals surface area contributed by atoms with E-state index in [0.29, 0.717) is 5.96 Å². The van der Waals surface area contributed by atoms with Gasteiger partial charge in [-0.25, -0.2) is 0 Å². The lowest BCUT2D eigenvalue weighted by Gasteiger charge is -2.42. The molecule has 2 rings (SSSR count). The number of guanidine groups is 1. The molecular weight excluding hydrogens is 248 g/mol. The van der Waals surface area contributed by atoms with Gasteiger partial charge in [-0.15, -0.1) is 0 Å². The fraction of sp³-hybridized carbons (Fsp3) is 0.938. The lowest BCUT2D eigenvalue weighted by Crippen LogP contribution is -2.51. The second-order valence-electron chi connectivity index (χ2n) is 7.39. The average molecular weight is 280 g/mol. The van der Waals surface area contributed by atoms with Crippen molar-refractivity contribution in [3.63, 3.8) is 0 Å². The SMILES string of the molecule is CC1CCCN(C(C)(C)CN=C(N)NCC2CCC2)C1. The van der Waals surface area contributed by atoms with Gasteiger partial charge >= 0.3 is 0 Å². The van der Waals surface area contributed by atoms with E-state index in [1.165, 1.54) is 45.2 Å². The number of nitrogens with zero attached hydrogens (tertiary/aromatic N) is 2. The third-order valence-electron chi connectivity index (χ3n) is 4.95. The van der Waals surface area contributed by atoms with Gasteiger partial charge < -0.3 is 11.1 Å². The Balaban J connectivity index is 1.77. The highest BCUT2D eigenvalue weighted by molar-refractivity contribution is 5.77. The predicted octanol–water partition coefficient (Wildman–Crippen LogP) is 2.20. The highest BCUT2D eigenvalue weighted by Crippen LogP contribution is 2.25. The van der Waals surface area contributed by atoms with E-state index < -0.39 is 0 Å². The van der Waals surface area contributed by atoms with Crippen molar-refractivity contribution in [2.24, 2.45) is 22.6 Å². The first-order chi connectivity index (χ1) is 9.47. The van der Waals surface area contributed by atoms with E-state index in [1.807, 2.05) is 0 Å². The number of nitrogens with one attached hydrogen (secondary N) is 1. The molecule has 0 aromatic carbocycles. The first-order valence-electron chi connectivity index (χ1n) is 8.26. The van der Waals surface area contributed by atoms with Crippen molar-refractivity contribution < 1.29 is 0 Å². The number of rotatable bonds is 5. The molecule has 1 aliphatic carbocycles. The highest BCUT2D eigenvalue weighted by Gasteiger charge is 2.29. The van der Waals surface area contributed by atoms with Gasteiger partial charge in [-0.05, 0) is 57.9 Å². The number of hydrogen-bond acceptors (Lipinski definition) is 2.